The molecule has 2 aliphatic rings. The summed E-state index contributed by atoms with van der Waals surface area (Å²) >= 11 is 1.29. The van der Waals surface area contributed by atoms with Crippen molar-refractivity contribution >= 4 is 61.8 Å². The third kappa shape index (κ3) is 7.81. The number of esters is 1. The number of benzene rings is 2. The molecule has 3 aromatic rings. The van der Waals surface area contributed by atoms with Crippen molar-refractivity contribution in [3.05, 3.63) is 57.5 Å². The molecule has 256 valence electrons. The van der Waals surface area contributed by atoms with E-state index in [1.54, 1.807) is 31.2 Å². The second kappa shape index (κ2) is 14.8. The number of fused-ring (bicyclic) bond motifs is 2. The van der Waals surface area contributed by atoms with Crippen LogP contribution in [0.1, 0.15) is 46.2 Å². The van der Waals surface area contributed by atoms with Crippen LogP contribution < -0.4 is 16.0 Å². The first-order valence-electron chi connectivity index (χ1n) is 15.3. The first-order chi connectivity index (χ1) is 22.9. The highest BCUT2D eigenvalue weighted by Gasteiger charge is 2.39. The van der Waals surface area contributed by atoms with Gasteiger partial charge in [-0.15, -0.1) is 11.3 Å². The van der Waals surface area contributed by atoms with Crippen molar-refractivity contribution in [1.82, 2.24) is 30.1 Å². The van der Waals surface area contributed by atoms with Crippen molar-refractivity contribution in [3.63, 3.8) is 0 Å². The van der Waals surface area contributed by atoms with Gasteiger partial charge in [0.25, 0.3) is 5.91 Å². The van der Waals surface area contributed by atoms with Crippen molar-refractivity contribution in [3.8, 4) is 0 Å². The van der Waals surface area contributed by atoms with Gasteiger partial charge in [0.2, 0.25) is 15.9 Å². The Bertz CT molecular complexity index is 1860. The Morgan fingerprint density at radius 1 is 1.12 bits per heavy atom. The summed E-state index contributed by atoms with van der Waals surface area (Å²) in [5.74, 6) is -1.69. The highest BCUT2D eigenvalue weighted by atomic mass is 32.2. The minimum absolute atomic E-state index is 0.00790. The number of hydrogen-bond donors (Lipinski definition) is 4. The first kappa shape index (κ1) is 34.9. The number of piperazine rings is 1. The number of methoxy groups -OCH3 is 1. The first-order valence-corrected chi connectivity index (χ1v) is 17.6. The summed E-state index contributed by atoms with van der Waals surface area (Å²) in [6.07, 6.45) is -0.339. The Hall–Kier alpha value is -4.45. The number of nitrogens with one attached hydrogen (secondary N) is 4. The molecule has 0 radical (unpaired) electrons. The molecule has 5 rings (SSSR count). The van der Waals surface area contributed by atoms with Crippen LogP contribution in [-0.2, 0) is 42.1 Å². The molecule has 4 N–H and O–H groups in total. The Labute approximate surface area is 281 Å². The van der Waals surface area contributed by atoms with E-state index in [1.807, 2.05) is 6.92 Å². The molecular formula is C31H37N7O8S2. The maximum absolute atomic E-state index is 13.9. The zero-order chi connectivity index (χ0) is 34.6. The van der Waals surface area contributed by atoms with Gasteiger partial charge in [-0.2, -0.15) is 4.31 Å². The van der Waals surface area contributed by atoms with Gasteiger partial charge in [0.15, 0.2) is 5.01 Å². The topological polar surface area (TPSA) is 200 Å². The lowest BCUT2D eigenvalue weighted by molar-refractivity contribution is -0.143. The van der Waals surface area contributed by atoms with E-state index in [0.717, 1.165) is 10.6 Å². The molecule has 0 spiro atoms. The fraction of sp³-hybridized carbons (Fsp3) is 0.419. The van der Waals surface area contributed by atoms with Crippen LogP contribution in [0.25, 0.3) is 10.8 Å². The van der Waals surface area contributed by atoms with E-state index in [9.17, 15) is 27.6 Å². The van der Waals surface area contributed by atoms with Crippen molar-refractivity contribution in [2.45, 2.75) is 50.2 Å². The maximum atomic E-state index is 13.9. The van der Waals surface area contributed by atoms with E-state index in [-0.39, 0.29) is 66.9 Å². The number of amidine groups is 1. The van der Waals surface area contributed by atoms with Gasteiger partial charge in [0.1, 0.15) is 12.4 Å². The molecule has 0 aliphatic carbocycles. The average molecular weight is 700 g/mol. The predicted molar refractivity (Wildman–Crippen MR) is 176 cm³/mol. The molecule has 3 amide bonds. The van der Waals surface area contributed by atoms with Crippen molar-refractivity contribution in [2.75, 3.05) is 39.9 Å². The van der Waals surface area contributed by atoms with Crippen molar-refractivity contribution in [2.24, 2.45) is 0 Å². The van der Waals surface area contributed by atoms with Gasteiger partial charge < -0.3 is 25.0 Å². The summed E-state index contributed by atoms with van der Waals surface area (Å²) in [4.78, 5) is 57.2. The number of thiazole rings is 1. The minimum Gasteiger partial charge on any atom is -0.465 e. The van der Waals surface area contributed by atoms with Crippen LogP contribution >= 0.6 is 11.3 Å². The number of carbonyl (C=O) groups is 4. The SMILES string of the molecule is CCOC(=O)CNC(=O)CC1CN(S(=O)(=O)c2ccc3cc(C(=N)NC(=O)OC)ccc3c2)CCN1C(=O)c1nc2c(s1)CNC(C)C2. The van der Waals surface area contributed by atoms with Crippen LogP contribution in [0, 0.1) is 5.41 Å². The van der Waals surface area contributed by atoms with Crippen molar-refractivity contribution in [1.29, 1.82) is 5.41 Å². The Balaban J connectivity index is 1.37. The lowest BCUT2D eigenvalue weighted by atomic mass is 10.1. The number of rotatable bonds is 9. The molecular weight excluding hydrogens is 663 g/mol. The summed E-state index contributed by atoms with van der Waals surface area (Å²) < 4.78 is 38.5. The van der Waals surface area contributed by atoms with E-state index in [1.165, 1.54) is 39.8 Å². The molecule has 2 unspecified atom stereocenters. The third-order valence-electron chi connectivity index (χ3n) is 8.08. The van der Waals surface area contributed by atoms with Gasteiger partial charge in [-0.25, -0.2) is 18.2 Å². The van der Waals surface area contributed by atoms with Crippen LogP contribution in [0.5, 0.6) is 0 Å². The van der Waals surface area contributed by atoms with Gasteiger partial charge in [-0.1, -0.05) is 18.2 Å². The van der Waals surface area contributed by atoms with E-state index in [2.05, 4.69) is 25.7 Å². The Kier molecular flexibility index (Phi) is 10.7. The number of sulfonamides is 1. The summed E-state index contributed by atoms with van der Waals surface area (Å²) in [7, 11) is -2.88. The number of amides is 3. The molecule has 15 nitrogen and oxygen atoms in total. The van der Waals surface area contributed by atoms with Crippen LogP contribution in [0.4, 0.5) is 4.79 Å². The third-order valence-corrected chi connectivity index (χ3v) is 11.0. The highest BCUT2D eigenvalue weighted by Crippen LogP contribution is 2.29. The number of hydrogen-bond acceptors (Lipinski definition) is 12. The maximum Gasteiger partial charge on any atom is 0.412 e. The fourth-order valence-corrected chi connectivity index (χ4v) is 8.10. The second-order valence-corrected chi connectivity index (χ2v) is 14.4. The van der Waals surface area contributed by atoms with Gasteiger partial charge >= 0.3 is 12.1 Å². The molecule has 2 aromatic carbocycles. The van der Waals surface area contributed by atoms with E-state index >= 15 is 0 Å². The lowest BCUT2D eigenvalue weighted by Gasteiger charge is -2.40. The molecule has 0 saturated carbocycles. The number of aromatic nitrogens is 1. The standard InChI is InChI=1S/C31H37N7O8S2/c1-4-46-27(40)16-34-26(39)14-22-17-37(9-10-38(22)30(41)29-35-24-11-18(2)33-15-25(24)47-29)48(43,44)23-8-7-19-12-21(6-5-20(19)13-23)28(32)36-31(42)45-3/h5-8,12-13,18,22,33H,4,9-11,14-17H2,1-3H3,(H,34,39)(H2,32,36,42). The molecule has 2 aliphatic heterocycles. The van der Waals surface area contributed by atoms with Crippen LogP contribution in [0.2, 0.25) is 0 Å². The monoisotopic (exact) mass is 699 g/mol. The second-order valence-electron chi connectivity index (χ2n) is 11.4. The average Bonchev–Trinajstić information content (AvgIpc) is 3.50. The minimum atomic E-state index is -4.07. The van der Waals surface area contributed by atoms with Crippen LogP contribution in [-0.4, -0.2) is 104 Å². The quantitative estimate of drug-likeness (QED) is 0.144. The van der Waals surface area contributed by atoms with E-state index < -0.39 is 34.0 Å². The molecule has 17 heteroatoms. The number of carbonyl (C=O) groups excluding carboxylic acids is 4. The molecule has 1 fully saturated rings. The normalized spacial score (nSPS) is 18.1. The van der Waals surface area contributed by atoms with Crippen molar-refractivity contribution < 1.29 is 37.1 Å². The fourth-order valence-electron chi connectivity index (χ4n) is 5.59. The van der Waals surface area contributed by atoms with Gasteiger partial charge in [0, 0.05) is 55.5 Å². The van der Waals surface area contributed by atoms with Crippen LogP contribution in [0.15, 0.2) is 41.3 Å². The molecule has 48 heavy (non-hydrogen) atoms. The Morgan fingerprint density at radius 2 is 1.88 bits per heavy atom. The predicted octanol–water partition coefficient (Wildman–Crippen LogP) is 1.60. The highest BCUT2D eigenvalue weighted by molar-refractivity contribution is 7.89. The number of nitrogens with zero attached hydrogens (tertiary/aromatic N) is 3. The van der Waals surface area contributed by atoms with Crippen LogP contribution in [0.3, 0.4) is 0 Å². The zero-order valence-corrected chi connectivity index (χ0v) is 28.3. The smallest absolute Gasteiger partial charge is 0.412 e. The van der Waals surface area contributed by atoms with E-state index in [4.69, 9.17) is 10.1 Å². The molecule has 1 saturated heterocycles. The van der Waals surface area contributed by atoms with Gasteiger partial charge in [0.05, 0.1) is 30.3 Å². The lowest BCUT2D eigenvalue weighted by Crippen LogP contribution is -2.57. The number of alkyl carbamates (subject to hydrolysis) is 1. The van der Waals surface area contributed by atoms with Gasteiger partial charge in [-0.3, -0.25) is 25.1 Å². The molecule has 2 atom stereocenters. The zero-order valence-electron chi connectivity index (χ0n) is 26.7. The largest absolute Gasteiger partial charge is 0.465 e. The molecule has 1 aromatic heterocycles. The summed E-state index contributed by atoms with van der Waals surface area (Å²) in [6.45, 7) is 3.97. The number of ether oxygens (including phenoxy) is 2. The molecule has 3 heterocycles. The summed E-state index contributed by atoms with van der Waals surface area (Å²) in [5, 5.41) is 17.8. The molecule has 0 bridgehead atoms. The summed E-state index contributed by atoms with van der Waals surface area (Å²) in [6, 6.07) is 8.84. The Morgan fingerprint density at radius 3 is 2.62 bits per heavy atom. The van der Waals surface area contributed by atoms with E-state index in [0.29, 0.717) is 29.3 Å². The van der Waals surface area contributed by atoms with Gasteiger partial charge in [-0.05, 0) is 42.8 Å². The summed E-state index contributed by atoms with van der Waals surface area (Å²) in [5.41, 5.74) is 1.26.